The summed E-state index contributed by atoms with van der Waals surface area (Å²) in [6.45, 7) is 0.656. The lowest BCUT2D eigenvalue weighted by molar-refractivity contribution is 0.0697. The van der Waals surface area contributed by atoms with Crippen LogP contribution in [0.5, 0.6) is 5.75 Å². The number of hydrogen-bond donors (Lipinski definition) is 4. The topological polar surface area (TPSA) is 122 Å². The molecule has 7 nitrogen and oxygen atoms in total. The van der Waals surface area contributed by atoms with Gasteiger partial charge in [0.1, 0.15) is 5.75 Å². The Labute approximate surface area is 171 Å². The minimum Gasteiger partial charge on any atom is -0.497 e. The molecule has 0 heterocycles. The molecular formula is C22H29N3O4. The van der Waals surface area contributed by atoms with Gasteiger partial charge in [0.05, 0.1) is 31.5 Å². The maximum atomic E-state index is 10.2. The number of aliphatic hydroxyl groups excluding tert-OH is 1. The molecule has 0 saturated carbocycles. The molecule has 7 heteroatoms. The highest BCUT2D eigenvalue weighted by molar-refractivity contribution is 5.87. The predicted molar refractivity (Wildman–Crippen MR) is 112 cm³/mol. The van der Waals surface area contributed by atoms with E-state index >= 15 is 0 Å². The summed E-state index contributed by atoms with van der Waals surface area (Å²) < 4.78 is 5.13. The monoisotopic (exact) mass is 399 g/mol. The Morgan fingerprint density at radius 2 is 1.83 bits per heavy atom. The molecule has 0 fully saturated rings. The van der Waals surface area contributed by atoms with Crippen LogP contribution in [0.3, 0.4) is 0 Å². The highest BCUT2D eigenvalue weighted by Gasteiger charge is 2.24. The Hall–Kier alpha value is -3.03. The van der Waals surface area contributed by atoms with Crippen molar-refractivity contribution in [1.82, 2.24) is 5.01 Å². The lowest BCUT2D eigenvalue weighted by Gasteiger charge is -2.32. The van der Waals surface area contributed by atoms with Crippen molar-refractivity contribution in [2.24, 2.45) is 17.5 Å². The summed E-state index contributed by atoms with van der Waals surface area (Å²) >= 11 is 0. The number of carboxylic acid groups (broad SMARTS) is 1. The van der Waals surface area contributed by atoms with Crippen molar-refractivity contribution in [2.75, 3.05) is 13.7 Å². The Bertz CT molecular complexity index is 807. The smallest absolute Gasteiger partial charge is 0.335 e. The van der Waals surface area contributed by atoms with E-state index in [-0.39, 0.29) is 12.5 Å². The van der Waals surface area contributed by atoms with Crippen LogP contribution in [0.2, 0.25) is 0 Å². The summed E-state index contributed by atoms with van der Waals surface area (Å²) in [5.74, 6) is 6.15. The molecule has 3 rings (SSSR count). The van der Waals surface area contributed by atoms with E-state index in [1.54, 1.807) is 42.5 Å². The fourth-order valence-electron chi connectivity index (χ4n) is 3.26. The summed E-state index contributed by atoms with van der Waals surface area (Å²) in [7, 11) is 1.64. The first kappa shape index (κ1) is 22.3. The molecule has 1 aliphatic carbocycles. The number of nitrogens with two attached hydrogens (primary N) is 2. The normalized spacial score (nSPS) is 15.9. The average molecular weight is 399 g/mol. The number of allylic oxidation sites excluding steroid dienone is 1. The van der Waals surface area contributed by atoms with Gasteiger partial charge in [-0.25, -0.2) is 10.6 Å². The number of benzene rings is 2. The minimum atomic E-state index is -0.879. The molecular weight excluding hydrogens is 370 g/mol. The van der Waals surface area contributed by atoms with Gasteiger partial charge in [-0.1, -0.05) is 30.3 Å². The van der Waals surface area contributed by atoms with Crippen LogP contribution in [0.1, 0.15) is 35.2 Å². The minimum absolute atomic E-state index is 0.0481. The molecule has 1 unspecified atom stereocenters. The van der Waals surface area contributed by atoms with E-state index in [2.05, 4.69) is 0 Å². The van der Waals surface area contributed by atoms with Gasteiger partial charge < -0.3 is 25.7 Å². The third-order valence-corrected chi connectivity index (χ3v) is 4.78. The van der Waals surface area contributed by atoms with Crippen LogP contribution in [0.4, 0.5) is 0 Å². The van der Waals surface area contributed by atoms with Gasteiger partial charge in [-0.15, -0.1) is 0 Å². The van der Waals surface area contributed by atoms with Crippen molar-refractivity contribution in [3.05, 3.63) is 77.1 Å². The molecule has 0 bridgehead atoms. The van der Waals surface area contributed by atoms with Gasteiger partial charge in [0.25, 0.3) is 0 Å². The Kier molecular flexibility index (Phi) is 8.51. The zero-order valence-electron chi connectivity index (χ0n) is 16.6. The van der Waals surface area contributed by atoms with Gasteiger partial charge in [-0.3, -0.25) is 0 Å². The van der Waals surface area contributed by atoms with Crippen LogP contribution in [0.15, 0.2) is 66.0 Å². The van der Waals surface area contributed by atoms with E-state index in [1.807, 2.05) is 24.3 Å². The Balaban J connectivity index is 0.000000278. The summed E-state index contributed by atoms with van der Waals surface area (Å²) in [6, 6.07) is 16.1. The number of hydrogen-bond acceptors (Lipinski definition) is 6. The quantitative estimate of drug-likeness (QED) is 0.435. The molecule has 29 heavy (non-hydrogen) atoms. The molecule has 2 aromatic rings. The molecule has 1 aliphatic rings. The summed E-state index contributed by atoms with van der Waals surface area (Å²) in [4.78, 5) is 10.2. The van der Waals surface area contributed by atoms with E-state index in [1.165, 1.54) is 0 Å². The van der Waals surface area contributed by atoms with E-state index in [4.69, 9.17) is 21.4 Å². The van der Waals surface area contributed by atoms with Gasteiger partial charge in [-0.2, -0.15) is 0 Å². The molecule has 1 atom stereocenters. The number of aliphatic hydroxyl groups is 1. The highest BCUT2D eigenvalue weighted by atomic mass is 16.5. The largest absolute Gasteiger partial charge is 0.497 e. The highest BCUT2D eigenvalue weighted by Crippen LogP contribution is 2.29. The zero-order chi connectivity index (χ0) is 21.2. The number of ether oxygens (including phenoxy) is 1. The van der Waals surface area contributed by atoms with Gasteiger partial charge in [-0.05, 0) is 49.1 Å². The third kappa shape index (κ3) is 6.51. The Morgan fingerprint density at radius 1 is 1.17 bits per heavy atom. The maximum Gasteiger partial charge on any atom is 0.335 e. The van der Waals surface area contributed by atoms with Crippen LogP contribution in [-0.2, 0) is 6.54 Å². The van der Waals surface area contributed by atoms with E-state index in [0.29, 0.717) is 12.1 Å². The lowest BCUT2D eigenvalue weighted by atomic mass is 9.90. The first-order chi connectivity index (χ1) is 14.0. The number of carboxylic acids is 1. The fourth-order valence-corrected chi connectivity index (χ4v) is 3.26. The molecule has 6 N–H and O–H groups in total. The van der Waals surface area contributed by atoms with Gasteiger partial charge in [0, 0.05) is 11.6 Å². The maximum absolute atomic E-state index is 10.2. The summed E-state index contributed by atoms with van der Waals surface area (Å²) in [5.41, 5.74) is 9.16. The van der Waals surface area contributed by atoms with E-state index < -0.39 is 5.97 Å². The average Bonchev–Trinajstić information content (AvgIpc) is 2.75. The molecule has 2 aromatic carbocycles. The summed E-state index contributed by atoms with van der Waals surface area (Å²) in [6.07, 6.45) is 2.79. The second kappa shape index (κ2) is 11.1. The van der Waals surface area contributed by atoms with Crippen LogP contribution >= 0.6 is 0 Å². The molecule has 0 aromatic heterocycles. The van der Waals surface area contributed by atoms with Crippen LogP contribution in [0.25, 0.3) is 0 Å². The van der Waals surface area contributed by atoms with Gasteiger partial charge in [0.2, 0.25) is 0 Å². The van der Waals surface area contributed by atoms with Crippen molar-refractivity contribution >= 4 is 5.97 Å². The number of hydrazine groups is 1. The van der Waals surface area contributed by atoms with Crippen molar-refractivity contribution in [1.29, 1.82) is 0 Å². The van der Waals surface area contributed by atoms with Crippen LogP contribution in [0, 0.1) is 5.92 Å². The standard InChI is InChI=1S/C15H23N3O2.C7H6O2/c1-20-13-7-5-11(6-8-13)9-18(17)15-12(10-19)3-2-4-14(15)16;8-7(9)6-4-2-1-3-5-6/h5-8,12,19H,2-4,9-10,16-17H2,1H3;1-5H,(H,8,9). The predicted octanol–water partition coefficient (Wildman–Crippen LogP) is 2.72. The number of nitrogens with zero attached hydrogens (tertiary/aromatic N) is 1. The van der Waals surface area contributed by atoms with Crippen molar-refractivity contribution < 1.29 is 19.7 Å². The number of aromatic carboxylic acids is 1. The SMILES string of the molecule is COc1ccc(CN(N)C2=C(N)CCCC2CO)cc1.O=C(O)c1ccccc1. The van der Waals surface area contributed by atoms with Crippen molar-refractivity contribution in [3.63, 3.8) is 0 Å². The molecule has 0 aliphatic heterocycles. The molecule has 156 valence electrons. The van der Waals surface area contributed by atoms with Crippen LogP contribution < -0.4 is 16.3 Å². The molecule has 0 amide bonds. The second-order valence-electron chi connectivity index (χ2n) is 6.83. The second-order valence-corrected chi connectivity index (χ2v) is 6.83. The molecule has 0 saturated heterocycles. The van der Waals surface area contributed by atoms with Crippen LogP contribution in [-0.4, -0.2) is 34.9 Å². The molecule has 0 spiro atoms. The first-order valence-electron chi connectivity index (χ1n) is 9.49. The van der Waals surface area contributed by atoms with Gasteiger partial charge >= 0.3 is 5.97 Å². The lowest BCUT2D eigenvalue weighted by Crippen LogP contribution is -2.38. The zero-order valence-corrected chi connectivity index (χ0v) is 16.6. The fraction of sp³-hybridized carbons (Fsp3) is 0.318. The van der Waals surface area contributed by atoms with Crippen molar-refractivity contribution in [2.45, 2.75) is 25.8 Å². The Morgan fingerprint density at radius 3 is 2.34 bits per heavy atom. The van der Waals surface area contributed by atoms with Crippen molar-refractivity contribution in [3.8, 4) is 5.75 Å². The number of methoxy groups -OCH3 is 1. The third-order valence-electron chi connectivity index (χ3n) is 4.78. The summed E-state index contributed by atoms with van der Waals surface area (Å²) in [5, 5.41) is 19.5. The number of carbonyl (C=O) groups is 1. The van der Waals surface area contributed by atoms with E-state index in [0.717, 1.165) is 42.0 Å². The van der Waals surface area contributed by atoms with E-state index in [9.17, 15) is 9.90 Å². The van der Waals surface area contributed by atoms with Gasteiger partial charge in [0.15, 0.2) is 0 Å². The molecule has 0 radical (unpaired) electrons. The number of rotatable bonds is 6. The first-order valence-corrected chi connectivity index (χ1v) is 9.49.